The van der Waals surface area contributed by atoms with E-state index in [1.807, 2.05) is 42.5 Å². The Bertz CT molecular complexity index is 3480. The van der Waals surface area contributed by atoms with Gasteiger partial charge >= 0.3 is 0 Å². The molecule has 0 saturated carbocycles. The van der Waals surface area contributed by atoms with Gasteiger partial charge in [0.1, 0.15) is 57.2 Å². The molecule has 13 nitrogen and oxygen atoms in total. The van der Waals surface area contributed by atoms with Gasteiger partial charge in [-0.25, -0.2) is 0 Å². The van der Waals surface area contributed by atoms with E-state index in [4.69, 9.17) is 41.8 Å². The summed E-state index contributed by atoms with van der Waals surface area (Å²) in [5.41, 5.74) is 3.09. The van der Waals surface area contributed by atoms with Crippen molar-refractivity contribution in [1.82, 2.24) is 20.6 Å². The molecule has 6 aromatic carbocycles. The molecular formula is C56H46Cl2N4O9. The smallest absolute Gasteiger partial charge is 0.258 e. The highest BCUT2D eigenvalue weighted by Gasteiger charge is 2.30. The van der Waals surface area contributed by atoms with Crippen LogP contribution in [0.25, 0.3) is 32.8 Å². The molecule has 2 unspecified atom stereocenters. The molecule has 2 amide bonds. The van der Waals surface area contributed by atoms with Crippen LogP contribution in [0, 0.1) is 0 Å². The number of pyridine rings is 2. The average Bonchev–Trinajstić information content (AvgIpc) is 3.39. The fourth-order valence-electron chi connectivity index (χ4n) is 8.40. The predicted molar refractivity (Wildman–Crippen MR) is 273 cm³/mol. The minimum absolute atomic E-state index is 0.0284. The van der Waals surface area contributed by atoms with Crippen LogP contribution in [0.2, 0.25) is 10.0 Å². The Kier molecular flexibility index (Phi) is 14.1. The molecule has 71 heavy (non-hydrogen) atoms. The van der Waals surface area contributed by atoms with Gasteiger partial charge in [0, 0.05) is 34.3 Å². The molecule has 3 aromatic heterocycles. The Morgan fingerprint density at radius 3 is 1.77 bits per heavy atom. The van der Waals surface area contributed by atoms with Gasteiger partial charge in [-0.1, -0.05) is 77.8 Å². The quantitative estimate of drug-likeness (QED) is 0.0914. The third-order valence-electron chi connectivity index (χ3n) is 12.0. The molecule has 0 saturated heterocycles. The lowest BCUT2D eigenvalue weighted by Gasteiger charge is -2.33. The Labute approximate surface area is 417 Å². The van der Waals surface area contributed by atoms with Crippen LogP contribution in [0.1, 0.15) is 60.2 Å². The zero-order valence-electron chi connectivity index (χ0n) is 38.4. The number of amides is 2. The number of carbonyl (C=O) groups is 2. The molecule has 1 aliphatic heterocycles. The third kappa shape index (κ3) is 10.7. The molecule has 0 spiro atoms. The maximum absolute atomic E-state index is 13.4. The highest BCUT2D eigenvalue weighted by molar-refractivity contribution is 6.36. The van der Waals surface area contributed by atoms with Crippen molar-refractivity contribution in [3.63, 3.8) is 0 Å². The van der Waals surface area contributed by atoms with Crippen molar-refractivity contribution in [2.75, 3.05) is 13.2 Å². The molecule has 15 heteroatoms. The number of carbonyl (C=O) groups excluding carboxylic acids is 2. The Morgan fingerprint density at radius 2 is 1.18 bits per heavy atom. The van der Waals surface area contributed by atoms with Crippen molar-refractivity contribution >= 4 is 67.8 Å². The van der Waals surface area contributed by atoms with Gasteiger partial charge in [-0.05, 0) is 123 Å². The topological polar surface area (TPSA) is 182 Å². The number of halogens is 2. The van der Waals surface area contributed by atoms with Crippen LogP contribution < -0.4 is 30.3 Å². The minimum atomic E-state index is -1.08. The zero-order chi connectivity index (χ0) is 49.6. The summed E-state index contributed by atoms with van der Waals surface area (Å²) in [7, 11) is 0. The molecular weight excluding hydrogens is 944 g/mol. The Balaban J connectivity index is 0.000000176. The summed E-state index contributed by atoms with van der Waals surface area (Å²) in [5, 5.41) is 30.4. The number of nitrogens with one attached hydrogen (secondary N) is 2. The molecule has 0 bridgehead atoms. The van der Waals surface area contributed by atoms with E-state index < -0.39 is 18.0 Å². The van der Waals surface area contributed by atoms with Crippen LogP contribution in [0.15, 0.2) is 167 Å². The van der Waals surface area contributed by atoms with Crippen LogP contribution in [0.5, 0.6) is 28.7 Å². The zero-order valence-corrected chi connectivity index (χ0v) is 39.9. The van der Waals surface area contributed by atoms with Crippen LogP contribution >= 0.6 is 23.2 Å². The SMILES string of the molecule is CC1(C)CCc2cc(C(NC(=O)COc3ccccc3)c3cc(Cl)c4cccnc4c3O)ccc2O1.O=C(COc1ccccc1)NC(c1cc(Cl)c2cccnc2c1O)c1coc2ccccc2c1=O. The van der Waals surface area contributed by atoms with Gasteiger partial charge in [-0.15, -0.1) is 0 Å². The van der Waals surface area contributed by atoms with Gasteiger partial charge in [-0.2, -0.15) is 0 Å². The molecule has 1 aliphatic rings. The summed E-state index contributed by atoms with van der Waals surface area (Å²) >= 11 is 13.1. The number of benzene rings is 6. The Morgan fingerprint density at radius 1 is 0.662 bits per heavy atom. The van der Waals surface area contributed by atoms with Gasteiger partial charge in [-0.3, -0.25) is 24.4 Å². The van der Waals surface area contributed by atoms with E-state index in [1.54, 1.807) is 97.2 Å². The molecule has 0 radical (unpaired) electrons. The van der Waals surface area contributed by atoms with Crippen LogP contribution in [0.3, 0.4) is 0 Å². The first-order valence-electron chi connectivity index (χ1n) is 22.6. The molecule has 2 atom stereocenters. The number of rotatable bonds is 12. The maximum Gasteiger partial charge on any atom is 0.258 e. The second kappa shape index (κ2) is 20.8. The Hall–Kier alpha value is -8.13. The number of aromatic hydroxyl groups is 2. The second-order valence-corrected chi connectivity index (χ2v) is 18.2. The molecule has 9 aromatic rings. The number of ether oxygens (including phenoxy) is 3. The van der Waals surface area contributed by atoms with E-state index in [2.05, 4.69) is 34.4 Å². The number of hydrogen-bond acceptors (Lipinski definition) is 11. The number of aromatic nitrogens is 2. The molecule has 0 fully saturated rings. The summed E-state index contributed by atoms with van der Waals surface area (Å²) in [6, 6.07) is 39.1. The highest BCUT2D eigenvalue weighted by atomic mass is 35.5. The van der Waals surface area contributed by atoms with Gasteiger partial charge in [0.15, 0.2) is 18.6 Å². The first kappa shape index (κ1) is 47.9. The van der Waals surface area contributed by atoms with Crippen molar-refractivity contribution in [2.24, 2.45) is 0 Å². The van der Waals surface area contributed by atoms with Crippen LogP contribution in [-0.4, -0.2) is 50.8 Å². The van der Waals surface area contributed by atoms with E-state index >= 15 is 0 Å². The lowest BCUT2D eigenvalue weighted by atomic mass is 9.90. The van der Waals surface area contributed by atoms with Crippen molar-refractivity contribution in [3.05, 3.63) is 206 Å². The normalized spacial score (nSPS) is 13.5. The molecule has 0 aliphatic carbocycles. The van der Waals surface area contributed by atoms with E-state index in [1.165, 1.54) is 18.5 Å². The lowest BCUT2D eigenvalue weighted by Crippen LogP contribution is -2.35. The van der Waals surface area contributed by atoms with Crippen molar-refractivity contribution in [2.45, 2.75) is 44.4 Å². The third-order valence-corrected chi connectivity index (χ3v) is 12.6. The van der Waals surface area contributed by atoms with Crippen molar-refractivity contribution < 1.29 is 38.4 Å². The maximum atomic E-state index is 13.4. The largest absolute Gasteiger partial charge is 0.505 e. The number of fused-ring (bicyclic) bond motifs is 4. The van der Waals surface area contributed by atoms with E-state index in [0.29, 0.717) is 54.4 Å². The van der Waals surface area contributed by atoms with Crippen molar-refractivity contribution in [1.29, 1.82) is 0 Å². The van der Waals surface area contributed by atoms with Gasteiger partial charge in [0.2, 0.25) is 0 Å². The van der Waals surface area contributed by atoms with Crippen LogP contribution in [0.4, 0.5) is 0 Å². The van der Waals surface area contributed by atoms with Crippen LogP contribution in [-0.2, 0) is 16.0 Å². The number of phenolic OH excluding ortho intramolecular Hbond substituents is 2. The number of nitrogens with zero attached hydrogens (tertiary/aromatic N) is 2. The van der Waals surface area contributed by atoms with Gasteiger partial charge in [0.25, 0.3) is 11.8 Å². The number of para-hydroxylation sites is 3. The monoisotopic (exact) mass is 988 g/mol. The van der Waals surface area contributed by atoms with E-state index in [9.17, 15) is 24.6 Å². The highest BCUT2D eigenvalue weighted by Crippen LogP contribution is 2.42. The molecule has 4 N–H and O–H groups in total. The van der Waals surface area contributed by atoms with Gasteiger partial charge < -0.3 is 39.5 Å². The molecule has 358 valence electrons. The average molecular weight is 990 g/mol. The standard InChI is InChI=1S/C29H27ClN2O4.C27H19ClN2O5/c1-29(2)13-12-18-15-19(10-11-24(18)36-29)26(32-25(33)17-35-20-7-4-3-5-8-20)22-16-23(30)21-9-6-14-31-27(21)28(22)34;28-21-13-19(27(33)25-17(21)10-6-12-29-25)24(30-23(31)15-34-16-7-2-1-3-8-16)20-14-35-22-11-5-4-9-18(22)26(20)32/h3-11,14-16,26,34H,12-13,17H2,1-2H3,(H,32,33);1-14,24,33H,15H2,(H,30,31). The summed E-state index contributed by atoms with van der Waals surface area (Å²) in [4.78, 5) is 47.9. The second-order valence-electron chi connectivity index (χ2n) is 17.3. The number of aryl methyl sites for hydroxylation is 1. The molecule has 10 rings (SSSR count). The summed E-state index contributed by atoms with van der Waals surface area (Å²) in [6.45, 7) is 3.66. The number of phenols is 2. The summed E-state index contributed by atoms with van der Waals surface area (Å²) < 4.78 is 23.0. The predicted octanol–water partition coefficient (Wildman–Crippen LogP) is 11.0. The fourth-order valence-corrected chi connectivity index (χ4v) is 8.94. The number of hydrogen-bond donors (Lipinski definition) is 4. The lowest BCUT2D eigenvalue weighted by molar-refractivity contribution is -0.124. The van der Waals surface area contributed by atoms with E-state index in [0.717, 1.165) is 29.7 Å². The summed E-state index contributed by atoms with van der Waals surface area (Å²) in [6.07, 6.45) is 6.13. The van der Waals surface area contributed by atoms with Gasteiger partial charge in [0.05, 0.1) is 33.1 Å². The van der Waals surface area contributed by atoms with E-state index in [-0.39, 0.29) is 58.3 Å². The molecule has 4 heterocycles. The first-order chi connectivity index (χ1) is 34.3. The first-order valence-corrected chi connectivity index (χ1v) is 23.4. The van der Waals surface area contributed by atoms with Crippen molar-refractivity contribution in [3.8, 4) is 28.7 Å². The fraction of sp³-hybridized carbons (Fsp3) is 0.161. The summed E-state index contributed by atoms with van der Waals surface area (Å²) in [5.74, 6) is 0.864. The minimum Gasteiger partial charge on any atom is -0.505 e.